The number of carbonyl (C=O) groups is 1. The number of esters is 1. The van der Waals surface area contributed by atoms with Crippen LogP contribution in [0.2, 0.25) is 5.15 Å². The number of rotatable bonds is 5. The van der Waals surface area contributed by atoms with Crippen LogP contribution in [0.5, 0.6) is 0 Å². The SMILES string of the molecule is COC1=CC(=O)O[C@H](c2coc(C(=Cc3ccc(Cl)[nH]3)CO)n2)[C@@H]1C. The first-order valence-electron chi connectivity index (χ1n) is 7.59. The number of aromatic nitrogens is 2. The van der Waals surface area contributed by atoms with E-state index >= 15 is 0 Å². The zero-order chi connectivity index (χ0) is 18.0. The number of nitrogens with one attached hydrogen (secondary N) is 1. The third-order valence-corrected chi connectivity index (χ3v) is 4.12. The summed E-state index contributed by atoms with van der Waals surface area (Å²) in [5.74, 6) is 0.0533. The minimum Gasteiger partial charge on any atom is -0.500 e. The van der Waals surface area contributed by atoms with Gasteiger partial charge in [-0.25, -0.2) is 9.78 Å². The molecular formula is C17H17ClN2O5. The van der Waals surface area contributed by atoms with Gasteiger partial charge in [0.15, 0.2) is 6.10 Å². The molecule has 25 heavy (non-hydrogen) atoms. The van der Waals surface area contributed by atoms with E-state index in [1.54, 1.807) is 18.2 Å². The number of hydrogen-bond donors (Lipinski definition) is 2. The van der Waals surface area contributed by atoms with E-state index in [1.165, 1.54) is 19.4 Å². The summed E-state index contributed by atoms with van der Waals surface area (Å²) in [6.45, 7) is 1.59. The molecule has 0 amide bonds. The summed E-state index contributed by atoms with van der Waals surface area (Å²) in [5.41, 5.74) is 1.61. The molecule has 3 heterocycles. The summed E-state index contributed by atoms with van der Waals surface area (Å²) < 4.78 is 16.0. The maximum absolute atomic E-state index is 11.7. The summed E-state index contributed by atoms with van der Waals surface area (Å²) in [6, 6.07) is 3.47. The van der Waals surface area contributed by atoms with Gasteiger partial charge < -0.3 is 24.0 Å². The lowest BCUT2D eigenvalue weighted by Crippen LogP contribution is -2.25. The van der Waals surface area contributed by atoms with E-state index in [2.05, 4.69) is 9.97 Å². The van der Waals surface area contributed by atoms with E-state index < -0.39 is 12.1 Å². The maximum atomic E-state index is 11.7. The fourth-order valence-electron chi connectivity index (χ4n) is 2.61. The van der Waals surface area contributed by atoms with Crippen molar-refractivity contribution in [2.45, 2.75) is 13.0 Å². The number of carbonyl (C=O) groups excluding carboxylic acids is 1. The number of oxazole rings is 1. The Labute approximate surface area is 148 Å². The number of hydrogen-bond acceptors (Lipinski definition) is 6. The van der Waals surface area contributed by atoms with Crippen molar-refractivity contribution in [2.75, 3.05) is 13.7 Å². The topological polar surface area (TPSA) is 97.6 Å². The van der Waals surface area contributed by atoms with Crippen LogP contribution in [0.25, 0.3) is 11.6 Å². The highest BCUT2D eigenvalue weighted by molar-refractivity contribution is 6.29. The van der Waals surface area contributed by atoms with Crippen LogP contribution >= 0.6 is 11.6 Å². The van der Waals surface area contributed by atoms with Crippen LogP contribution in [0.15, 0.2) is 34.6 Å². The first-order valence-corrected chi connectivity index (χ1v) is 7.97. The summed E-state index contributed by atoms with van der Waals surface area (Å²) in [5, 5.41) is 10.1. The average Bonchev–Trinajstić information content (AvgIpc) is 3.23. The van der Waals surface area contributed by atoms with Crippen molar-refractivity contribution in [1.82, 2.24) is 9.97 Å². The molecule has 8 heteroatoms. The maximum Gasteiger partial charge on any atom is 0.334 e. The fourth-order valence-corrected chi connectivity index (χ4v) is 2.79. The predicted molar refractivity (Wildman–Crippen MR) is 90.4 cm³/mol. The highest BCUT2D eigenvalue weighted by Crippen LogP contribution is 2.35. The largest absolute Gasteiger partial charge is 0.500 e. The van der Waals surface area contributed by atoms with Crippen molar-refractivity contribution in [2.24, 2.45) is 5.92 Å². The highest BCUT2D eigenvalue weighted by Gasteiger charge is 2.34. The molecule has 2 N–H and O–H groups in total. The molecule has 2 aromatic rings. The summed E-state index contributed by atoms with van der Waals surface area (Å²) in [4.78, 5) is 19.0. The van der Waals surface area contributed by atoms with Crippen molar-refractivity contribution in [1.29, 1.82) is 0 Å². The zero-order valence-corrected chi connectivity index (χ0v) is 14.4. The summed E-state index contributed by atoms with van der Waals surface area (Å²) in [6.07, 6.45) is 3.78. The highest BCUT2D eigenvalue weighted by atomic mass is 35.5. The molecule has 1 aliphatic heterocycles. The number of methoxy groups -OCH3 is 1. The Kier molecular flexibility index (Phi) is 4.96. The second-order valence-electron chi connectivity index (χ2n) is 5.56. The minimum atomic E-state index is -0.621. The van der Waals surface area contributed by atoms with Crippen LogP contribution in [-0.2, 0) is 14.3 Å². The molecule has 0 radical (unpaired) electrons. The molecule has 0 aliphatic carbocycles. The molecule has 2 atom stereocenters. The number of aliphatic hydroxyl groups is 1. The number of aliphatic hydroxyl groups excluding tert-OH is 1. The Bertz CT molecular complexity index is 836. The van der Waals surface area contributed by atoms with E-state index in [-0.39, 0.29) is 18.4 Å². The Morgan fingerprint density at radius 2 is 2.32 bits per heavy atom. The monoisotopic (exact) mass is 364 g/mol. The molecule has 0 unspecified atom stereocenters. The van der Waals surface area contributed by atoms with Gasteiger partial charge in [-0.15, -0.1) is 0 Å². The van der Waals surface area contributed by atoms with Crippen molar-refractivity contribution < 1.29 is 23.8 Å². The van der Waals surface area contributed by atoms with Crippen molar-refractivity contribution in [3.8, 4) is 0 Å². The van der Waals surface area contributed by atoms with Crippen molar-refractivity contribution >= 4 is 29.2 Å². The van der Waals surface area contributed by atoms with Gasteiger partial charge in [-0.2, -0.15) is 0 Å². The Morgan fingerprint density at radius 1 is 1.52 bits per heavy atom. The van der Waals surface area contributed by atoms with Gasteiger partial charge in [-0.3, -0.25) is 0 Å². The molecule has 0 saturated heterocycles. The lowest BCUT2D eigenvalue weighted by molar-refractivity contribution is -0.149. The molecule has 7 nitrogen and oxygen atoms in total. The van der Waals surface area contributed by atoms with Gasteiger partial charge in [0.2, 0.25) is 5.89 Å². The molecule has 0 fully saturated rings. The van der Waals surface area contributed by atoms with Crippen LogP contribution in [-0.4, -0.2) is 34.8 Å². The number of cyclic esters (lactones) is 1. The summed E-state index contributed by atoms with van der Waals surface area (Å²) in [7, 11) is 1.50. The molecule has 2 aromatic heterocycles. The van der Waals surface area contributed by atoms with Gasteiger partial charge in [-0.05, 0) is 18.2 Å². The van der Waals surface area contributed by atoms with Gasteiger partial charge in [0.25, 0.3) is 0 Å². The molecular weight excluding hydrogens is 348 g/mol. The smallest absolute Gasteiger partial charge is 0.334 e. The normalized spacial score (nSPS) is 21.0. The molecule has 0 spiro atoms. The molecule has 0 bridgehead atoms. The van der Waals surface area contributed by atoms with Gasteiger partial charge >= 0.3 is 5.97 Å². The Balaban J connectivity index is 1.87. The first-order chi connectivity index (χ1) is 12.0. The quantitative estimate of drug-likeness (QED) is 0.791. The van der Waals surface area contributed by atoms with Crippen LogP contribution in [0, 0.1) is 5.92 Å². The number of H-pyrrole nitrogens is 1. The average molecular weight is 365 g/mol. The van der Waals surface area contributed by atoms with Gasteiger partial charge in [-0.1, -0.05) is 18.5 Å². The Hall–Kier alpha value is -2.51. The second kappa shape index (κ2) is 7.16. The number of halogens is 1. The van der Waals surface area contributed by atoms with Gasteiger partial charge in [0.1, 0.15) is 22.9 Å². The molecule has 1 aliphatic rings. The standard InChI is InChI=1S/C17H17ClN2O5/c1-9-13(23-2)6-15(22)25-16(9)12-8-24-17(20-12)10(7-21)5-11-3-4-14(18)19-11/h3-6,8-9,16,19,21H,7H2,1-2H3/t9-,16+/m1/s1. The van der Waals surface area contributed by atoms with Gasteiger partial charge in [0, 0.05) is 11.3 Å². The van der Waals surface area contributed by atoms with E-state index in [1.807, 2.05) is 6.92 Å². The molecule has 3 rings (SSSR count). The van der Waals surface area contributed by atoms with E-state index in [0.29, 0.717) is 27.9 Å². The fraction of sp³-hybridized carbons (Fsp3) is 0.294. The molecule has 0 saturated carbocycles. The van der Waals surface area contributed by atoms with E-state index in [9.17, 15) is 9.90 Å². The third kappa shape index (κ3) is 3.62. The molecule has 0 aromatic carbocycles. The van der Waals surface area contributed by atoms with Crippen molar-refractivity contribution in [3.63, 3.8) is 0 Å². The molecule has 132 valence electrons. The lowest BCUT2D eigenvalue weighted by Gasteiger charge is -2.27. The van der Waals surface area contributed by atoms with Crippen LogP contribution in [0.1, 0.15) is 30.3 Å². The number of ether oxygens (including phenoxy) is 2. The van der Waals surface area contributed by atoms with Gasteiger partial charge in [0.05, 0.1) is 25.7 Å². The van der Waals surface area contributed by atoms with Crippen LogP contribution in [0.4, 0.5) is 0 Å². The third-order valence-electron chi connectivity index (χ3n) is 3.90. The number of nitrogens with zero attached hydrogens (tertiary/aromatic N) is 1. The van der Waals surface area contributed by atoms with Crippen LogP contribution < -0.4 is 0 Å². The minimum absolute atomic E-state index is 0.204. The number of aromatic amines is 1. The van der Waals surface area contributed by atoms with Crippen LogP contribution in [0.3, 0.4) is 0 Å². The predicted octanol–water partition coefficient (Wildman–Crippen LogP) is 2.95. The van der Waals surface area contributed by atoms with E-state index in [0.717, 1.165) is 0 Å². The second-order valence-corrected chi connectivity index (χ2v) is 5.97. The summed E-state index contributed by atoms with van der Waals surface area (Å²) >= 11 is 5.84. The zero-order valence-electron chi connectivity index (χ0n) is 13.7. The first kappa shape index (κ1) is 17.3. The lowest BCUT2D eigenvalue weighted by atomic mass is 9.97. The van der Waals surface area contributed by atoms with E-state index in [4.69, 9.17) is 25.5 Å². The van der Waals surface area contributed by atoms with Crippen molar-refractivity contribution in [3.05, 3.63) is 52.7 Å². The Morgan fingerprint density at radius 3 is 2.96 bits per heavy atom.